The molecule has 2 aliphatic rings. The van der Waals surface area contributed by atoms with Crippen molar-refractivity contribution in [3.63, 3.8) is 0 Å². The molecule has 0 atom stereocenters. The van der Waals surface area contributed by atoms with Crippen molar-refractivity contribution in [2.24, 2.45) is 11.8 Å². The van der Waals surface area contributed by atoms with Crippen LogP contribution < -0.4 is 0 Å². The van der Waals surface area contributed by atoms with Gasteiger partial charge in [0.1, 0.15) is 0 Å². The summed E-state index contributed by atoms with van der Waals surface area (Å²) in [6.45, 7) is 8.24. The van der Waals surface area contributed by atoms with E-state index in [2.05, 4.69) is 23.7 Å². The van der Waals surface area contributed by atoms with E-state index in [-0.39, 0.29) is 5.75 Å². The quantitative estimate of drug-likeness (QED) is 0.706. The Morgan fingerprint density at radius 3 is 2.52 bits per heavy atom. The number of sulfone groups is 1. The van der Waals surface area contributed by atoms with Crippen LogP contribution in [0.1, 0.15) is 64.5 Å². The molecule has 0 radical (unpaired) electrons. The van der Waals surface area contributed by atoms with Gasteiger partial charge in [-0.25, -0.2) is 13.4 Å². The number of unbranched alkanes of at least 4 members (excludes halogenated alkanes) is 1. The third-order valence-corrected chi connectivity index (χ3v) is 7.65. The zero-order chi connectivity index (χ0) is 17.9. The van der Waals surface area contributed by atoms with Crippen molar-refractivity contribution in [1.82, 2.24) is 14.5 Å². The average molecular weight is 368 g/mol. The highest BCUT2D eigenvalue weighted by molar-refractivity contribution is 7.91. The molecule has 6 heteroatoms. The van der Waals surface area contributed by atoms with Crippen molar-refractivity contribution in [3.05, 3.63) is 11.9 Å². The minimum Gasteiger partial charge on any atom is -0.318 e. The Hall–Kier alpha value is -0.880. The topological polar surface area (TPSA) is 55.2 Å². The molecule has 2 heterocycles. The third-order valence-electron chi connectivity index (χ3n) is 5.86. The molecular weight excluding hydrogens is 334 g/mol. The monoisotopic (exact) mass is 367 g/mol. The number of likely N-dealkylation sites (tertiary alicyclic amines) is 1. The van der Waals surface area contributed by atoms with Gasteiger partial charge in [-0.2, -0.15) is 0 Å². The van der Waals surface area contributed by atoms with Crippen molar-refractivity contribution in [3.8, 4) is 0 Å². The van der Waals surface area contributed by atoms with Crippen LogP contribution in [0.15, 0.2) is 11.4 Å². The van der Waals surface area contributed by atoms with Gasteiger partial charge in [0, 0.05) is 13.1 Å². The first-order valence-electron chi connectivity index (χ1n) is 9.99. The molecule has 142 valence electrons. The molecule has 2 fully saturated rings. The van der Waals surface area contributed by atoms with E-state index in [1.54, 1.807) is 6.20 Å². The van der Waals surface area contributed by atoms with Crippen LogP contribution in [0.25, 0.3) is 0 Å². The Morgan fingerprint density at radius 1 is 1.20 bits per heavy atom. The third kappa shape index (κ3) is 4.64. The number of hydrogen-bond acceptors (Lipinski definition) is 4. The van der Waals surface area contributed by atoms with Gasteiger partial charge in [0.05, 0.1) is 17.6 Å². The van der Waals surface area contributed by atoms with Crippen LogP contribution in [0.3, 0.4) is 0 Å². The minimum absolute atomic E-state index is 0.275. The molecule has 1 aliphatic carbocycles. The maximum Gasteiger partial charge on any atom is 0.227 e. The van der Waals surface area contributed by atoms with Crippen LogP contribution in [0.2, 0.25) is 0 Å². The number of aromatic nitrogens is 2. The number of piperidine rings is 1. The predicted molar refractivity (Wildman–Crippen MR) is 100 cm³/mol. The van der Waals surface area contributed by atoms with Crippen molar-refractivity contribution >= 4 is 9.84 Å². The van der Waals surface area contributed by atoms with E-state index < -0.39 is 9.84 Å². The number of rotatable bonds is 8. The minimum atomic E-state index is -3.28. The summed E-state index contributed by atoms with van der Waals surface area (Å²) in [6, 6.07) is 0. The van der Waals surface area contributed by atoms with Crippen LogP contribution >= 0.6 is 0 Å². The van der Waals surface area contributed by atoms with E-state index in [0.717, 1.165) is 63.5 Å². The zero-order valence-electron chi connectivity index (χ0n) is 15.8. The lowest BCUT2D eigenvalue weighted by Crippen LogP contribution is -2.33. The lowest BCUT2D eigenvalue weighted by molar-refractivity contribution is 0.181. The molecule has 1 saturated carbocycles. The van der Waals surface area contributed by atoms with E-state index in [1.165, 1.54) is 19.3 Å². The van der Waals surface area contributed by atoms with Gasteiger partial charge in [-0.15, -0.1) is 0 Å². The molecule has 0 amide bonds. The summed E-state index contributed by atoms with van der Waals surface area (Å²) in [6.07, 6.45) is 9.59. The highest BCUT2D eigenvalue weighted by Crippen LogP contribution is 2.30. The Bertz CT molecular complexity index is 656. The van der Waals surface area contributed by atoms with Crippen molar-refractivity contribution < 1.29 is 8.42 Å². The van der Waals surface area contributed by atoms with Gasteiger partial charge in [-0.1, -0.05) is 26.7 Å². The summed E-state index contributed by atoms with van der Waals surface area (Å²) in [4.78, 5) is 6.83. The first-order valence-corrected chi connectivity index (χ1v) is 11.6. The fourth-order valence-electron chi connectivity index (χ4n) is 3.82. The molecule has 1 aromatic heterocycles. The lowest BCUT2D eigenvalue weighted by atomic mass is 9.87. The summed E-state index contributed by atoms with van der Waals surface area (Å²) in [7, 11) is -3.28. The number of nitrogens with zero attached hydrogens (tertiary/aromatic N) is 3. The van der Waals surface area contributed by atoms with Gasteiger partial charge in [0.15, 0.2) is 0 Å². The van der Waals surface area contributed by atoms with E-state index in [4.69, 9.17) is 0 Å². The molecular formula is C19H33N3O2S. The number of hydrogen-bond donors (Lipinski definition) is 0. The van der Waals surface area contributed by atoms with E-state index in [0.29, 0.717) is 11.1 Å². The van der Waals surface area contributed by atoms with Gasteiger partial charge < -0.3 is 4.57 Å². The molecule has 3 rings (SSSR count). The van der Waals surface area contributed by atoms with Crippen molar-refractivity contribution in [2.75, 3.05) is 18.8 Å². The maximum absolute atomic E-state index is 12.9. The van der Waals surface area contributed by atoms with Gasteiger partial charge in [0.25, 0.3) is 0 Å². The summed E-state index contributed by atoms with van der Waals surface area (Å²) in [5.41, 5.74) is 1.06. The van der Waals surface area contributed by atoms with E-state index >= 15 is 0 Å². The van der Waals surface area contributed by atoms with Crippen LogP contribution in [0, 0.1) is 11.8 Å². The first-order chi connectivity index (χ1) is 12.0. The Balaban J connectivity index is 1.77. The fourth-order valence-corrected chi connectivity index (χ4v) is 5.68. The predicted octanol–water partition coefficient (Wildman–Crippen LogP) is 3.49. The Labute approximate surface area is 152 Å². The second-order valence-corrected chi connectivity index (χ2v) is 10.0. The highest BCUT2D eigenvalue weighted by atomic mass is 32.2. The second-order valence-electron chi connectivity index (χ2n) is 8.07. The molecule has 0 unspecified atom stereocenters. The Kier molecular flexibility index (Phi) is 6.21. The molecule has 1 aromatic rings. The average Bonchev–Trinajstić information content (AvgIpc) is 2.95. The highest BCUT2D eigenvalue weighted by Gasteiger charge is 2.30. The van der Waals surface area contributed by atoms with Crippen LogP contribution in [-0.4, -0.2) is 41.7 Å². The molecule has 0 bridgehead atoms. The largest absolute Gasteiger partial charge is 0.318 e. The van der Waals surface area contributed by atoms with Crippen molar-refractivity contribution in [2.45, 2.75) is 77.0 Å². The molecule has 0 spiro atoms. The molecule has 5 nitrogen and oxygen atoms in total. The smallest absolute Gasteiger partial charge is 0.227 e. The summed E-state index contributed by atoms with van der Waals surface area (Å²) < 4.78 is 27.7. The second kappa shape index (κ2) is 8.21. The standard InChI is InChI=1S/C19H33N3O2S/c1-3-4-10-22-18(14-21-11-8-16(2)9-12-21)13-20-19(22)25(23,24)15-17-6-5-7-17/h13,16-17H,3-12,14-15H2,1-2H3. The first kappa shape index (κ1) is 18.9. The van der Waals surface area contributed by atoms with Crippen LogP contribution in [0.4, 0.5) is 0 Å². The lowest BCUT2D eigenvalue weighted by Gasteiger charge is -2.30. The van der Waals surface area contributed by atoms with Gasteiger partial charge in [0.2, 0.25) is 15.0 Å². The molecule has 0 N–H and O–H groups in total. The maximum atomic E-state index is 12.9. The zero-order valence-corrected chi connectivity index (χ0v) is 16.6. The molecule has 1 aliphatic heterocycles. The van der Waals surface area contributed by atoms with E-state index in [9.17, 15) is 8.42 Å². The Morgan fingerprint density at radius 2 is 1.92 bits per heavy atom. The normalized spacial score (nSPS) is 20.7. The van der Waals surface area contributed by atoms with Gasteiger partial charge in [-0.3, -0.25) is 4.90 Å². The SMILES string of the molecule is CCCCn1c(CN2CCC(C)CC2)cnc1S(=O)(=O)CC1CCC1. The summed E-state index contributed by atoms with van der Waals surface area (Å²) in [5.74, 6) is 1.42. The summed E-state index contributed by atoms with van der Waals surface area (Å²) >= 11 is 0. The number of imidazole rings is 1. The summed E-state index contributed by atoms with van der Waals surface area (Å²) in [5, 5.41) is 0.313. The van der Waals surface area contributed by atoms with Gasteiger partial charge >= 0.3 is 0 Å². The molecule has 25 heavy (non-hydrogen) atoms. The van der Waals surface area contributed by atoms with Crippen molar-refractivity contribution in [1.29, 1.82) is 0 Å². The molecule has 0 aromatic carbocycles. The van der Waals surface area contributed by atoms with E-state index in [1.807, 2.05) is 4.57 Å². The molecule has 1 saturated heterocycles. The van der Waals surface area contributed by atoms with Crippen LogP contribution in [0.5, 0.6) is 0 Å². The fraction of sp³-hybridized carbons (Fsp3) is 0.842. The van der Waals surface area contributed by atoms with Gasteiger partial charge in [-0.05, 0) is 57.0 Å². The van der Waals surface area contributed by atoms with Crippen LogP contribution in [-0.2, 0) is 22.9 Å².